The summed E-state index contributed by atoms with van der Waals surface area (Å²) in [7, 11) is -3.61. The lowest BCUT2D eigenvalue weighted by atomic mass is 9.93. The SMILES string of the molecule is CCN(CC)S(=O)(=O)c1ccc(C)c(C(=O)N[C@H]2CCc3cnn(C(C)C)c3C2)c1. The number of fused-ring (bicyclic) bond motifs is 1. The van der Waals surface area contributed by atoms with Crippen LogP contribution < -0.4 is 5.32 Å². The van der Waals surface area contributed by atoms with Gasteiger partial charge in [-0.15, -0.1) is 0 Å². The number of carbonyl (C=O) groups excluding carboxylic acids is 1. The molecule has 1 atom stereocenters. The molecule has 3 rings (SSSR count). The van der Waals surface area contributed by atoms with Gasteiger partial charge in [0.05, 0.1) is 11.1 Å². The van der Waals surface area contributed by atoms with Gasteiger partial charge in [0.25, 0.3) is 5.91 Å². The molecule has 1 aromatic carbocycles. The Labute approximate surface area is 179 Å². The first-order valence-electron chi connectivity index (χ1n) is 10.7. The van der Waals surface area contributed by atoms with Crippen LogP contribution in [0.3, 0.4) is 0 Å². The first kappa shape index (κ1) is 22.5. The Morgan fingerprint density at radius 1 is 1.30 bits per heavy atom. The number of hydrogen-bond donors (Lipinski definition) is 1. The lowest BCUT2D eigenvalue weighted by Gasteiger charge is -2.25. The summed E-state index contributed by atoms with van der Waals surface area (Å²) in [6.07, 6.45) is 4.39. The van der Waals surface area contributed by atoms with Gasteiger partial charge in [-0.05, 0) is 56.9 Å². The molecule has 1 aliphatic carbocycles. The van der Waals surface area contributed by atoms with Gasteiger partial charge in [0.15, 0.2) is 0 Å². The van der Waals surface area contributed by atoms with E-state index in [2.05, 4.69) is 24.3 Å². The highest BCUT2D eigenvalue weighted by Gasteiger charge is 2.27. The van der Waals surface area contributed by atoms with Gasteiger partial charge >= 0.3 is 0 Å². The molecule has 0 saturated heterocycles. The highest BCUT2D eigenvalue weighted by atomic mass is 32.2. The molecule has 1 heterocycles. The maximum Gasteiger partial charge on any atom is 0.251 e. The van der Waals surface area contributed by atoms with Crippen molar-refractivity contribution in [3.8, 4) is 0 Å². The van der Waals surface area contributed by atoms with E-state index in [1.807, 2.05) is 31.6 Å². The molecule has 7 nitrogen and oxygen atoms in total. The van der Waals surface area contributed by atoms with Crippen molar-refractivity contribution < 1.29 is 13.2 Å². The van der Waals surface area contributed by atoms with E-state index in [4.69, 9.17) is 0 Å². The molecule has 0 unspecified atom stereocenters. The summed E-state index contributed by atoms with van der Waals surface area (Å²) in [5.41, 5.74) is 3.59. The van der Waals surface area contributed by atoms with Crippen LogP contribution >= 0.6 is 0 Å². The van der Waals surface area contributed by atoms with Crippen molar-refractivity contribution in [2.45, 2.75) is 70.9 Å². The first-order valence-corrected chi connectivity index (χ1v) is 12.1. The van der Waals surface area contributed by atoms with Crippen molar-refractivity contribution in [1.29, 1.82) is 0 Å². The highest BCUT2D eigenvalue weighted by molar-refractivity contribution is 7.89. The minimum atomic E-state index is -3.61. The Morgan fingerprint density at radius 2 is 2.00 bits per heavy atom. The number of benzene rings is 1. The lowest BCUT2D eigenvalue weighted by molar-refractivity contribution is 0.0932. The third-order valence-electron chi connectivity index (χ3n) is 5.81. The third-order valence-corrected chi connectivity index (χ3v) is 7.85. The smallest absolute Gasteiger partial charge is 0.251 e. The molecule has 1 N–H and O–H groups in total. The summed E-state index contributed by atoms with van der Waals surface area (Å²) in [4.78, 5) is 13.2. The van der Waals surface area contributed by atoms with Crippen LogP contribution in [0.1, 0.15) is 67.3 Å². The summed E-state index contributed by atoms with van der Waals surface area (Å²) in [6, 6.07) is 5.06. The topological polar surface area (TPSA) is 84.3 Å². The van der Waals surface area contributed by atoms with E-state index < -0.39 is 10.0 Å². The molecule has 1 aromatic heterocycles. The van der Waals surface area contributed by atoms with Gasteiger partial charge in [-0.1, -0.05) is 19.9 Å². The van der Waals surface area contributed by atoms with Crippen LogP contribution in [0.15, 0.2) is 29.3 Å². The number of nitrogens with one attached hydrogen (secondary N) is 1. The Kier molecular flexibility index (Phi) is 6.67. The fraction of sp³-hybridized carbons (Fsp3) is 0.545. The third kappa shape index (κ3) is 4.30. The number of sulfonamides is 1. The summed E-state index contributed by atoms with van der Waals surface area (Å²) in [5.74, 6) is -0.229. The van der Waals surface area contributed by atoms with Crippen LogP contribution in [0.5, 0.6) is 0 Å². The van der Waals surface area contributed by atoms with E-state index in [-0.39, 0.29) is 22.9 Å². The van der Waals surface area contributed by atoms with Crippen LogP contribution in [-0.4, -0.2) is 47.5 Å². The van der Waals surface area contributed by atoms with Gasteiger partial charge in [-0.2, -0.15) is 9.40 Å². The number of hydrogen-bond acceptors (Lipinski definition) is 4. The normalized spacial score (nSPS) is 16.7. The molecule has 0 spiro atoms. The Bertz CT molecular complexity index is 1020. The van der Waals surface area contributed by atoms with Gasteiger partial charge in [-0.3, -0.25) is 9.48 Å². The average molecular weight is 433 g/mol. The molecule has 0 fully saturated rings. The molecular weight excluding hydrogens is 400 g/mol. The van der Waals surface area contributed by atoms with Gasteiger partial charge in [0, 0.05) is 42.9 Å². The zero-order chi connectivity index (χ0) is 22.1. The van der Waals surface area contributed by atoms with E-state index in [0.29, 0.717) is 18.7 Å². The fourth-order valence-electron chi connectivity index (χ4n) is 4.07. The summed E-state index contributed by atoms with van der Waals surface area (Å²) < 4.78 is 29.2. The molecule has 164 valence electrons. The second-order valence-electron chi connectivity index (χ2n) is 8.13. The molecule has 30 heavy (non-hydrogen) atoms. The predicted octanol–water partition coefficient (Wildman–Crippen LogP) is 3.09. The second kappa shape index (κ2) is 8.89. The summed E-state index contributed by atoms with van der Waals surface area (Å²) in [6.45, 7) is 10.4. The van der Waals surface area contributed by atoms with Crippen molar-refractivity contribution >= 4 is 15.9 Å². The van der Waals surface area contributed by atoms with E-state index in [1.165, 1.54) is 21.6 Å². The van der Waals surface area contributed by atoms with E-state index in [0.717, 1.165) is 24.8 Å². The van der Waals surface area contributed by atoms with Gasteiger partial charge < -0.3 is 5.32 Å². The van der Waals surface area contributed by atoms with E-state index in [9.17, 15) is 13.2 Å². The first-order chi connectivity index (χ1) is 14.2. The summed E-state index contributed by atoms with van der Waals surface area (Å²) >= 11 is 0. The standard InChI is InChI=1S/C22H32N4O3S/c1-6-25(7-2)30(28,29)19-11-8-16(5)20(13-19)22(27)24-18-10-9-17-14-23-26(15(3)4)21(17)12-18/h8,11,13-15,18H,6-7,9-10,12H2,1-5H3,(H,24,27)/t18-/m0/s1. The van der Waals surface area contributed by atoms with Crippen LogP contribution in [-0.2, 0) is 22.9 Å². The minimum Gasteiger partial charge on any atom is -0.349 e. The monoisotopic (exact) mass is 432 g/mol. The molecule has 0 saturated carbocycles. The Hall–Kier alpha value is -2.19. The van der Waals surface area contributed by atoms with Crippen LogP contribution in [0, 0.1) is 6.92 Å². The van der Waals surface area contributed by atoms with E-state index in [1.54, 1.807) is 12.1 Å². The van der Waals surface area contributed by atoms with Gasteiger partial charge in [0.1, 0.15) is 0 Å². The average Bonchev–Trinajstić information content (AvgIpc) is 3.12. The molecule has 0 bridgehead atoms. The fourth-order valence-corrected chi connectivity index (χ4v) is 5.56. The minimum absolute atomic E-state index is 0.00152. The number of aryl methyl sites for hydroxylation is 2. The van der Waals surface area contributed by atoms with Crippen molar-refractivity contribution in [3.05, 3.63) is 46.8 Å². The number of rotatable bonds is 7. The zero-order valence-corrected chi connectivity index (χ0v) is 19.3. The van der Waals surface area contributed by atoms with Gasteiger partial charge in [0.2, 0.25) is 10.0 Å². The number of aromatic nitrogens is 2. The zero-order valence-electron chi connectivity index (χ0n) is 18.5. The molecule has 0 radical (unpaired) electrons. The molecule has 1 amide bonds. The number of amides is 1. The molecular formula is C22H32N4O3S. The molecule has 2 aromatic rings. The van der Waals surface area contributed by atoms with Crippen molar-refractivity contribution in [3.63, 3.8) is 0 Å². The number of nitrogens with zero attached hydrogens (tertiary/aromatic N) is 3. The van der Waals surface area contributed by atoms with Crippen molar-refractivity contribution in [2.24, 2.45) is 0 Å². The summed E-state index contributed by atoms with van der Waals surface area (Å²) in [5, 5.41) is 7.61. The lowest BCUT2D eigenvalue weighted by Crippen LogP contribution is -2.39. The van der Waals surface area contributed by atoms with E-state index >= 15 is 0 Å². The van der Waals surface area contributed by atoms with Crippen LogP contribution in [0.4, 0.5) is 0 Å². The highest BCUT2D eigenvalue weighted by Crippen LogP contribution is 2.25. The maximum absolute atomic E-state index is 13.0. The second-order valence-corrected chi connectivity index (χ2v) is 10.1. The molecule has 1 aliphatic rings. The van der Waals surface area contributed by atoms with Gasteiger partial charge in [-0.25, -0.2) is 8.42 Å². The Morgan fingerprint density at radius 3 is 2.63 bits per heavy atom. The van der Waals surface area contributed by atoms with Crippen LogP contribution in [0.2, 0.25) is 0 Å². The Balaban J connectivity index is 1.82. The quantitative estimate of drug-likeness (QED) is 0.729. The van der Waals surface area contributed by atoms with Crippen molar-refractivity contribution in [2.75, 3.05) is 13.1 Å². The maximum atomic E-state index is 13.0. The predicted molar refractivity (Wildman–Crippen MR) is 117 cm³/mol. The molecule has 8 heteroatoms. The van der Waals surface area contributed by atoms with Crippen molar-refractivity contribution in [1.82, 2.24) is 19.4 Å². The largest absolute Gasteiger partial charge is 0.349 e. The van der Waals surface area contributed by atoms with Crippen LogP contribution in [0.25, 0.3) is 0 Å². The molecule has 0 aliphatic heterocycles. The number of carbonyl (C=O) groups is 1.